The molecule has 0 aliphatic carbocycles. The lowest BCUT2D eigenvalue weighted by atomic mass is 10.1. The van der Waals surface area contributed by atoms with E-state index in [2.05, 4.69) is 15.4 Å². The van der Waals surface area contributed by atoms with Gasteiger partial charge in [0.2, 0.25) is 0 Å². The van der Waals surface area contributed by atoms with Gasteiger partial charge in [-0.15, -0.1) is 5.10 Å². The van der Waals surface area contributed by atoms with Gasteiger partial charge in [-0.2, -0.15) is 4.98 Å². The van der Waals surface area contributed by atoms with Gasteiger partial charge in [-0.1, -0.05) is 29.8 Å². The van der Waals surface area contributed by atoms with Crippen LogP contribution < -0.4 is 14.8 Å². The molecule has 0 unspecified atom stereocenters. The second kappa shape index (κ2) is 11.3. The number of nitrogens with zero attached hydrogens (tertiary/aromatic N) is 3. The fraction of sp³-hybridized carbons (Fsp3) is 0.222. The average Bonchev–Trinajstić information content (AvgIpc) is 3.31. The Morgan fingerprint density at radius 1 is 0.943 bits per heavy atom. The highest BCUT2D eigenvalue weighted by molar-refractivity contribution is 6.04. The number of carbonyl (C=O) groups excluding carboxylic acids is 1. The van der Waals surface area contributed by atoms with E-state index in [1.165, 1.54) is 0 Å². The van der Waals surface area contributed by atoms with E-state index in [1.807, 2.05) is 62.4 Å². The zero-order valence-corrected chi connectivity index (χ0v) is 20.0. The second-order valence-corrected chi connectivity index (χ2v) is 7.77. The van der Waals surface area contributed by atoms with E-state index in [-0.39, 0.29) is 11.9 Å². The average molecular weight is 473 g/mol. The van der Waals surface area contributed by atoms with Crippen LogP contribution in [0.2, 0.25) is 0 Å². The number of ether oxygens (including phenoxy) is 3. The molecule has 8 heteroatoms. The third kappa shape index (κ3) is 6.04. The topological polar surface area (TPSA) is 87.5 Å². The van der Waals surface area contributed by atoms with E-state index in [1.54, 1.807) is 36.1 Å². The Balaban J connectivity index is 1.55. The maximum Gasteiger partial charge on any atom is 0.336 e. The maximum atomic E-state index is 12.6. The monoisotopic (exact) mass is 472 g/mol. The highest BCUT2D eigenvalue weighted by Gasteiger charge is 2.15. The summed E-state index contributed by atoms with van der Waals surface area (Å²) in [6, 6.07) is 22.7. The second-order valence-electron chi connectivity index (χ2n) is 7.77. The van der Waals surface area contributed by atoms with Gasteiger partial charge in [-0.3, -0.25) is 4.79 Å². The van der Waals surface area contributed by atoms with Gasteiger partial charge in [0.1, 0.15) is 12.4 Å². The SMILES string of the molecule is CCOCCOc1nc(-c2ccc(C)cc2)n(-c2ccc(NC(=O)c3ccc(OC)cc3)cc2)n1. The molecule has 4 aromatic rings. The molecule has 35 heavy (non-hydrogen) atoms. The van der Waals surface area contributed by atoms with Crippen molar-refractivity contribution in [2.45, 2.75) is 13.8 Å². The summed E-state index contributed by atoms with van der Waals surface area (Å²) in [5.41, 5.74) is 4.07. The van der Waals surface area contributed by atoms with Crippen molar-refractivity contribution in [3.05, 3.63) is 83.9 Å². The summed E-state index contributed by atoms with van der Waals surface area (Å²) in [4.78, 5) is 17.2. The first kappa shape index (κ1) is 24.0. The van der Waals surface area contributed by atoms with Crippen LogP contribution in [0.5, 0.6) is 11.8 Å². The summed E-state index contributed by atoms with van der Waals surface area (Å²) >= 11 is 0. The van der Waals surface area contributed by atoms with Crippen molar-refractivity contribution in [1.29, 1.82) is 0 Å². The molecule has 1 amide bonds. The van der Waals surface area contributed by atoms with Crippen molar-refractivity contribution in [1.82, 2.24) is 14.8 Å². The van der Waals surface area contributed by atoms with Gasteiger partial charge in [-0.05, 0) is 62.4 Å². The number of methoxy groups -OCH3 is 1. The van der Waals surface area contributed by atoms with E-state index in [9.17, 15) is 4.79 Å². The van der Waals surface area contributed by atoms with Crippen LogP contribution in [0.25, 0.3) is 17.1 Å². The van der Waals surface area contributed by atoms with Gasteiger partial charge in [0, 0.05) is 23.4 Å². The molecule has 1 N–H and O–H groups in total. The Labute approximate surface area is 204 Å². The molecule has 4 rings (SSSR count). The van der Waals surface area contributed by atoms with Gasteiger partial charge in [0.15, 0.2) is 5.82 Å². The molecule has 0 radical (unpaired) electrons. The zero-order chi connectivity index (χ0) is 24.6. The number of benzene rings is 3. The molecule has 0 atom stereocenters. The smallest absolute Gasteiger partial charge is 0.336 e. The van der Waals surface area contributed by atoms with Gasteiger partial charge < -0.3 is 19.5 Å². The van der Waals surface area contributed by atoms with Crippen molar-refractivity contribution in [3.63, 3.8) is 0 Å². The van der Waals surface area contributed by atoms with Crippen molar-refractivity contribution in [2.75, 3.05) is 32.2 Å². The first-order valence-corrected chi connectivity index (χ1v) is 11.4. The maximum absolute atomic E-state index is 12.6. The minimum Gasteiger partial charge on any atom is -0.497 e. The number of hydrogen-bond donors (Lipinski definition) is 1. The molecule has 8 nitrogen and oxygen atoms in total. The standard InChI is InChI=1S/C27H28N4O4/c1-4-34-17-18-35-27-29-25(20-7-5-19(2)6-8-20)31(30-27)23-13-11-22(12-14-23)28-26(32)21-9-15-24(33-3)16-10-21/h5-16H,4,17-18H2,1-3H3,(H,28,32). The van der Waals surface area contributed by atoms with Crippen LogP contribution in [0.15, 0.2) is 72.8 Å². The third-order valence-electron chi connectivity index (χ3n) is 5.28. The summed E-state index contributed by atoms with van der Waals surface area (Å²) in [5, 5.41) is 7.47. The van der Waals surface area contributed by atoms with Crippen molar-refractivity contribution in [2.24, 2.45) is 0 Å². The number of aromatic nitrogens is 3. The molecule has 0 saturated carbocycles. The molecule has 180 valence electrons. The molecule has 0 aliphatic rings. The van der Waals surface area contributed by atoms with Crippen LogP contribution in [0, 0.1) is 6.92 Å². The Hall–Kier alpha value is -4.17. The number of carbonyl (C=O) groups is 1. The van der Waals surface area contributed by atoms with Crippen molar-refractivity contribution >= 4 is 11.6 Å². The summed E-state index contributed by atoms with van der Waals surface area (Å²) in [6.07, 6.45) is 0. The first-order valence-electron chi connectivity index (χ1n) is 11.4. The Morgan fingerprint density at radius 2 is 1.66 bits per heavy atom. The highest BCUT2D eigenvalue weighted by atomic mass is 16.5. The summed E-state index contributed by atoms with van der Waals surface area (Å²) in [7, 11) is 1.59. The molecule has 0 aliphatic heterocycles. The Kier molecular flexibility index (Phi) is 7.74. The van der Waals surface area contributed by atoms with E-state index >= 15 is 0 Å². The van der Waals surface area contributed by atoms with Crippen molar-refractivity contribution < 1.29 is 19.0 Å². The molecule has 0 bridgehead atoms. The number of rotatable bonds is 10. The molecule has 0 spiro atoms. The number of amides is 1. The molecule has 1 aromatic heterocycles. The van der Waals surface area contributed by atoms with E-state index in [0.29, 0.717) is 42.6 Å². The minimum absolute atomic E-state index is 0.202. The Bertz CT molecular complexity index is 1250. The molecule has 0 saturated heterocycles. The quantitative estimate of drug-likeness (QED) is 0.330. The van der Waals surface area contributed by atoms with Gasteiger partial charge >= 0.3 is 6.01 Å². The van der Waals surface area contributed by atoms with Crippen LogP contribution in [0.3, 0.4) is 0 Å². The van der Waals surface area contributed by atoms with E-state index in [0.717, 1.165) is 16.8 Å². The Morgan fingerprint density at radius 3 is 2.31 bits per heavy atom. The van der Waals surface area contributed by atoms with Crippen LogP contribution in [0.4, 0.5) is 5.69 Å². The normalized spacial score (nSPS) is 10.7. The van der Waals surface area contributed by atoms with Crippen LogP contribution in [-0.4, -0.2) is 47.6 Å². The fourth-order valence-electron chi connectivity index (χ4n) is 3.39. The number of aryl methyl sites for hydroxylation is 1. The highest BCUT2D eigenvalue weighted by Crippen LogP contribution is 2.25. The van der Waals surface area contributed by atoms with E-state index < -0.39 is 0 Å². The lowest BCUT2D eigenvalue weighted by Gasteiger charge is -2.09. The van der Waals surface area contributed by atoms with Gasteiger partial charge in [-0.25, -0.2) is 4.68 Å². The minimum atomic E-state index is -0.202. The first-order chi connectivity index (χ1) is 17.1. The molecule has 0 fully saturated rings. The van der Waals surface area contributed by atoms with Crippen LogP contribution in [-0.2, 0) is 4.74 Å². The fourth-order valence-corrected chi connectivity index (χ4v) is 3.39. The van der Waals surface area contributed by atoms with Crippen molar-refractivity contribution in [3.8, 4) is 28.8 Å². The summed E-state index contributed by atoms with van der Waals surface area (Å²) in [5.74, 6) is 1.15. The lowest BCUT2D eigenvalue weighted by molar-refractivity contribution is 0.102. The molecular weight excluding hydrogens is 444 g/mol. The van der Waals surface area contributed by atoms with Crippen LogP contribution >= 0.6 is 0 Å². The number of hydrogen-bond acceptors (Lipinski definition) is 6. The largest absolute Gasteiger partial charge is 0.497 e. The predicted molar refractivity (Wildman–Crippen MR) is 134 cm³/mol. The van der Waals surface area contributed by atoms with E-state index in [4.69, 9.17) is 14.2 Å². The van der Waals surface area contributed by atoms with Gasteiger partial charge in [0.25, 0.3) is 5.91 Å². The lowest BCUT2D eigenvalue weighted by Crippen LogP contribution is -2.11. The summed E-state index contributed by atoms with van der Waals surface area (Å²) in [6.45, 7) is 5.43. The number of nitrogens with one attached hydrogen (secondary N) is 1. The number of anilines is 1. The molecule has 3 aromatic carbocycles. The molecule has 1 heterocycles. The predicted octanol–water partition coefficient (Wildman–Crippen LogP) is 4.92. The zero-order valence-electron chi connectivity index (χ0n) is 20.0. The summed E-state index contributed by atoms with van der Waals surface area (Å²) < 4.78 is 17.9. The van der Waals surface area contributed by atoms with Gasteiger partial charge in [0.05, 0.1) is 19.4 Å². The molecular formula is C27H28N4O4. The van der Waals surface area contributed by atoms with Crippen LogP contribution in [0.1, 0.15) is 22.8 Å². The third-order valence-corrected chi connectivity index (χ3v) is 5.28.